The Morgan fingerprint density at radius 3 is 1.97 bits per heavy atom. The summed E-state index contributed by atoms with van der Waals surface area (Å²) in [5, 5.41) is 7.75. The van der Waals surface area contributed by atoms with Gasteiger partial charge in [-0.15, -0.1) is 11.3 Å². The van der Waals surface area contributed by atoms with E-state index >= 15 is 0 Å². The smallest absolute Gasteiger partial charge is 0.0546 e. The van der Waals surface area contributed by atoms with E-state index in [1.54, 1.807) is 0 Å². The summed E-state index contributed by atoms with van der Waals surface area (Å²) in [5.74, 6) is 0. The van der Waals surface area contributed by atoms with Gasteiger partial charge in [-0.2, -0.15) is 0 Å². The summed E-state index contributed by atoms with van der Waals surface area (Å²) in [6, 6.07) is 66.3. The largest absolute Gasteiger partial charge is 0.309 e. The van der Waals surface area contributed by atoms with Crippen molar-refractivity contribution in [2.45, 2.75) is 38.5 Å². The van der Waals surface area contributed by atoms with Gasteiger partial charge in [-0.25, -0.2) is 0 Å². The Kier molecular flexibility index (Phi) is 6.97. The van der Waals surface area contributed by atoms with Crippen molar-refractivity contribution in [1.29, 1.82) is 0 Å². The topological polar surface area (TPSA) is 3.24 Å². The van der Waals surface area contributed by atoms with Crippen molar-refractivity contribution in [1.82, 2.24) is 0 Å². The van der Waals surface area contributed by atoms with Gasteiger partial charge in [0.25, 0.3) is 0 Å². The first-order valence-corrected chi connectivity index (χ1v) is 21.2. The summed E-state index contributed by atoms with van der Waals surface area (Å²) in [4.78, 5) is 2.56. The molecule has 12 rings (SSSR count). The quantitative estimate of drug-likeness (QED) is 0.173. The Morgan fingerprint density at radius 2 is 1.05 bits per heavy atom. The molecule has 0 N–H and O–H groups in total. The maximum absolute atomic E-state index is 2.56. The van der Waals surface area contributed by atoms with Gasteiger partial charge in [-0.3, -0.25) is 0 Å². The normalized spacial score (nSPS) is 14.5. The molecule has 1 aromatic heterocycles. The molecule has 2 aliphatic rings. The lowest BCUT2D eigenvalue weighted by Crippen LogP contribution is -2.25. The number of hydrogen-bond donors (Lipinski definition) is 0. The third-order valence-corrected chi connectivity index (χ3v) is 14.7. The van der Waals surface area contributed by atoms with E-state index in [0.29, 0.717) is 0 Å². The molecule has 0 saturated carbocycles. The summed E-state index contributed by atoms with van der Waals surface area (Å²) in [6.07, 6.45) is 0. The van der Waals surface area contributed by atoms with Crippen molar-refractivity contribution in [2.24, 2.45) is 0 Å². The lowest BCUT2D eigenvalue weighted by Gasteiger charge is -2.38. The standard InChI is InChI=1S/C56H41NS/c1-55(2)45-22-9-7-18-40(45)41-30-28-37(33-48(41)55)57(49-24-12-15-34-14-5-6-17-38(34)49)50-31-27-35-16-11-23-46-52(35)53(50)44-29-26-36(32-47(44)56(46,3)4)39-20-13-21-43-42-19-8-10-25-51(42)58-54(39)43/h5-33H,1-4H3. The molecular weight excluding hydrogens is 719 g/mol. The highest BCUT2D eigenvalue weighted by atomic mass is 32.1. The van der Waals surface area contributed by atoms with Crippen LogP contribution in [0.3, 0.4) is 0 Å². The first-order chi connectivity index (χ1) is 28.3. The molecule has 0 amide bonds. The van der Waals surface area contributed by atoms with Gasteiger partial charge in [-0.05, 0) is 103 Å². The Bertz CT molecular complexity index is 3350. The molecule has 0 spiro atoms. The molecule has 10 aromatic rings. The van der Waals surface area contributed by atoms with Crippen LogP contribution in [0.15, 0.2) is 176 Å². The van der Waals surface area contributed by atoms with E-state index < -0.39 is 0 Å². The lowest BCUT2D eigenvalue weighted by molar-refractivity contribution is 0.645. The number of anilines is 3. The van der Waals surface area contributed by atoms with Crippen molar-refractivity contribution >= 4 is 70.1 Å². The van der Waals surface area contributed by atoms with Crippen LogP contribution in [0.25, 0.3) is 75.1 Å². The Balaban J connectivity index is 1.14. The molecule has 0 atom stereocenters. The van der Waals surface area contributed by atoms with Crippen LogP contribution in [0.2, 0.25) is 0 Å². The third-order valence-electron chi connectivity index (χ3n) is 13.4. The Morgan fingerprint density at radius 1 is 0.414 bits per heavy atom. The highest BCUT2D eigenvalue weighted by Gasteiger charge is 2.38. The van der Waals surface area contributed by atoms with Crippen molar-refractivity contribution in [3.8, 4) is 33.4 Å². The average Bonchev–Trinajstić information content (AvgIpc) is 3.75. The minimum atomic E-state index is -0.224. The lowest BCUT2D eigenvalue weighted by atomic mass is 9.67. The first kappa shape index (κ1) is 33.6. The van der Waals surface area contributed by atoms with Gasteiger partial charge in [0.05, 0.1) is 11.4 Å². The Hall–Kier alpha value is -6.48. The zero-order chi connectivity index (χ0) is 38.9. The summed E-state index contributed by atoms with van der Waals surface area (Å²) < 4.78 is 2.69. The highest BCUT2D eigenvalue weighted by Crippen LogP contribution is 2.56. The predicted molar refractivity (Wildman–Crippen MR) is 250 cm³/mol. The second kappa shape index (κ2) is 12.0. The first-order valence-electron chi connectivity index (χ1n) is 20.4. The van der Waals surface area contributed by atoms with Crippen molar-refractivity contribution in [3.63, 3.8) is 0 Å². The number of hydrogen-bond acceptors (Lipinski definition) is 2. The molecule has 0 radical (unpaired) electrons. The Labute approximate surface area is 343 Å². The van der Waals surface area contributed by atoms with Crippen molar-refractivity contribution in [3.05, 3.63) is 198 Å². The molecule has 0 unspecified atom stereocenters. The third kappa shape index (κ3) is 4.58. The van der Waals surface area contributed by atoms with Gasteiger partial charge in [0.1, 0.15) is 0 Å². The van der Waals surface area contributed by atoms with Crippen LogP contribution in [0.1, 0.15) is 49.9 Å². The van der Waals surface area contributed by atoms with Crippen LogP contribution in [0.5, 0.6) is 0 Å². The van der Waals surface area contributed by atoms with Gasteiger partial charge < -0.3 is 4.90 Å². The second-order valence-electron chi connectivity index (χ2n) is 17.3. The van der Waals surface area contributed by atoms with Crippen LogP contribution < -0.4 is 4.90 Å². The molecule has 2 aliphatic carbocycles. The second-order valence-corrected chi connectivity index (χ2v) is 18.3. The van der Waals surface area contributed by atoms with E-state index in [9.17, 15) is 0 Å². The van der Waals surface area contributed by atoms with Crippen LogP contribution in [0, 0.1) is 0 Å². The number of nitrogens with zero attached hydrogens (tertiary/aromatic N) is 1. The van der Waals surface area contributed by atoms with Gasteiger partial charge in [0.15, 0.2) is 0 Å². The number of fused-ring (bicyclic) bond motifs is 9. The van der Waals surface area contributed by atoms with Gasteiger partial charge in [0, 0.05) is 47.6 Å². The molecule has 9 aromatic carbocycles. The van der Waals surface area contributed by atoms with Crippen LogP contribution in [-0.2, 0) is 10.8 Å². The fraction of sp³-hybridized carbons (Fsp3) is 0.107. The predicted octanol–water partition coefficient (Wildman–Crippen LogP) is 16.1. The fourth-order valence-corrected chi connectivity index (χ4v) is 11.8. The van der Waals surface area contributed by atoms with Gasteiger partial charge in [0.2, 0.25) is 0 Å². The van der Waals surface area contributed by atoms with Gasteiger partial charge >= 0.3 is 0 Å². The average molecular weight is 760 g/mol. The van der Waals surface area contributed by atoms with Crippen LogP contribution in [0.4, 0.5) is 17.1 Å². The zero-order valence-corrected chi connectivity index (χ0v) is 33.9. The number of rotatable bonds is 4. The zero-order valence-electron chi connectivity index (χ0n) is 33.1. The minimum absolute atomic E-state index is 0.124. The van der Waals surface area contributed by atoms with E-state index in [1.807, 2.05) is 11.3 Å². The number of thiophene rings is 1. The molecule has 0 saturated heterocycles. The molecule has 58 heavy (non-hydrogen) atoms. The molecule has 1 nitrogen and oxygen atoms in total. The summed E-state index contributed by atoms with van der Waals surface area (Å²) in [7, 11) is 0. The summed E-state index contributed by atoms with van der Waals surface area (Å²) in [5.41, 5.74) is 16.5. The van der Waals surface area contributed by atoms with E-state index in [4.69, 9.17) is 0 Å². The molecular formula is C56H41NS. The van der Waals surface area contributed by atoms with E-state index in [2.05, 4.69) is 209 Å². The van der Waals surface area contributed by atoms with Crippen molar-refractivity contribution < 1.29 is 0 Å². The van der Waals surface area contributed by atoms with E-state index in [-0.39, 0.29) is 10.8 Å². The van der Waals surface area contributed by atoms with Crippen molar-refractivity contribution in [2.75, 3.05) is 4.90 Å². The van der Waals surface area contributed by atoms with Crippen LogP contribution >= 0.6 is 11.3 Å². The van der Waals surface area contributed by atoms with Crippen LogP contribution in [-0.4, -0.2) is 0 Å². The van der Waals surface area contributed by atoms with Gasteiger partial charge in [-0.1, -0.05) is 167 Å². The molecule has 0 aliphatic heterocycles. The maximum Gasteiger partial charge on any atom is 0.0546 e. The van der Waals surface area contributed by atoms with E-state index in [1.165, 1.54) is 114 Å². The SMILES string of the molecule is CC1(C)c2ccccc2-c2ccc(N(c3ccc4cccc5c4c3-c3ccc(-c4cccc6c4sc4ccccc46)cc3C5(C)C)c3cccc4ccccc34)cc21. The summed E-state index contributed by atoms with van der Waals surface area (Å²) in [6.45, 7) is 9.60. The maximum atomic E-state index is 2.56. The fourth-order valence-electron chi connectivity index (χ4n) is 10.6. The highest BCUT2D eigenvalue weighted by molar-refractivity contribution is 7.26. The molecule has 276 valence electrons. The molecule has 1 heterocycles. The molecule has 0 fully saturated rings. The monoisotopic (exact) mass is 759 g/mol. The summed E-state index contributed by atoms with van der Waals surface area (Å²) >= 11 is 1.90. The molecule has 0 bridgehead atoms. The minimum Gasteiger partial charge on any atom is -0.309 e. The number of benzene rings is 9. The van der Waals surface area contributed by atoms with E-state index in [0.717, 1.165) is 0 Å². The molecule has 2 heteroatoms.